The average Bonchev–Trinajstić information content (AvgIpc) is 2.88. The molecule has 1 saturated heterocycles. The highest BCUT2D eigenvalue weighted by Gasteiger charge is 2.30. The van der Waals surface area contributed by atoms with Gasteiger partial charge in [-0.25, -0.2) is 8.42 Å². The summed E-state index contributed by atoms with van der Waals surface area (Å²) in [7, 11) is -2.17. The number of benzene rings is 2. The number of hydrogen-bond acceptors (Lipinski definition) is 6. The second-order valence-electron chi connectivity index (χ2n) is 7.77. The third-order valence-electron chi connectivity index (χ3n) is 5.68. The van der Waals surface area contributed by atoms with Crippen LogP contribution in [-0.4, -0.2) is 69.2 Å². The first-order valence-corrected chi connectivity index (χ1v) is 13.0. The van der Waals surface area contributed by atoms with Gasteiger partial charge in [-0.2, -0.15) is 4.31 Å². The van der Waals surface area contributed by atoms with Crippen molar-refractivity contribution < 1.29 is 27.5 Å². The number of sulfonamides is 1. The number of carbonyl (C=O) groups excluding carboxylic acids is 2. The first kappa shape index (κ1) is 27.0. The number of Topliss-reactive ketones (excluding diaryl/α,β-unsaturated/α-hetero) is 1. The van der Waals surface area contributed by atoms with Gasteiger partial charge in [0.05, 0.1) is 17.0 Å². The van der Waals surface area contributed by atoms with Gasteiger partial charge in [0.1, 0.15) is 16.5 Å². The van der Waals surface area contributed by atoms with Crippen LogP contribution in [0.4, 0.5) is 0 Å². The number of piperazine rings is 1. The van der Waals surface area contributed by atoms with Crippen molar-refractivity contribution in [1.82, 2.24) is 9.21 Å². The van der Waals surface area contributed by atoms with Crippen LogP contribution in [0.5, 0.6) is 11.5 Å². The van der Waals surface area contributed by atoms with E-state index in [1.54, 1.807) is 12.1 Å². The summed E-state index contributed by atoms with van der Waals surface area (Å²) in [6.45, 7) is 5.98. The summed E-state index contributed by atoms with van der Waals surface area (Å²) in [5, 5.41) is 0.0678. The van der Waals surface area contributed by atoms with Crippen LogP contribution in [0.15, 0.2) is 53.4 Å². The number of methoxy groups -OCH3 is 1. The number of nitrogens with zero attached hydrogens (tertiary/aromatic N) is 2. The predicted octanol–water partition coefficient (Wildman–Crippen LogP) is 4.06. The number of ether oxygens (including phenoxy) is 2. The molecule has 0 aliphatic carbocycles. The van der Waals surface area contributed by atoms with E-state index in [1.807, 2.05) is 6.92 Å². The summed E-state index contributed by atoms with van der Waals surface area (Å²) < 4.78 is 37.7. The van der Waals surface area contributed by atoms with Gasteiger partial charge in [0, 0.05) is 31.7 Å². The van der Waals surface area contributed by atoms with Gasteiger partial charge in [0.2, 0.25) is 10.0 Å². The zero-order valence-electron chi connectivity index (χ0n) is 19.4. The Morgan fingerprint density at radius 3 is 2.20 bits per heavy atom. The molecule has 2 aromatic rings. The summed E-state index contributed by atoms with van der Waals surface area (Å²) in [4.78, 5) is 26.7. The van der Waals surface area contributed by atoms with Crippen molar-refractivity contribution in [3.63, 3.8) is 0 Å². The number of amides is 1. The van der Waals surface area contributed by atoms with E-state index in [2.05, 4.69) is 6.58 Å². The molecule has 0 unspecified atom stereocenters. The van der Waals surface area contributed by atoms with Crippen molar-refractivity contribution >= 4 is 44.9 Å². The lowest BCUT2D eigenvalue weighted by Gasteiger charge is -2.34. The molecule has 1 aliphatic rings. The molecule has 2 aromatic carbocycles. The summed E-state index contributed by atoms with van der Waals surface area (Å²) in [6, 6.07) is 9.13. The van der Waals surface area contributed by atoms with Gasteiger partial charge < -0.3 is 14.4 Å². The average molecular weight is 541 g/mol. The van der Waals surface area contributed by atoms with E-state index in [0.29, 0.717) is 17.7 Å². The first-order valence-electron chi connectivity index (χ1n) is 10.8. The van der Waals surface area contributed by atoms with Crippen molar-refractivity contribution in [3.05, 3.63) is 64.2 Å². The Morgan fingerprint density at radius 1 is 1.00 bits per heavy atom. The lowest BCUT2D eigenvalue weighted by molar-refractivity contribution is -0.134. The molecule has 8 nitrogen and oxygen atoms in total. The van der Waals surface area contributed by atoms with Gasteiger partial charge in [-0.1, -0.05) is 36.7 Å². The maximum absolute atomic E-state index is 12.9. The van der Waals surface area contributed by atoms with Crippen molar-refractivity contribution in [3.8, 4) is 11.5 Å². The minimum Gasteiger partial charge on any atom is -0.497 e. The number of carbonyl (C=O) groups is 2. The van der Waals surface area contributed by atoms with Crippen molar-refractivity contribution in [2.24, 2.45) is 0 Å². The topological polar surface area (TPSA) is 93.2 Å². The Balaban J connectivity index is 1.58. The highest BCUT2D eigenvalue weighted by atomic mass is 35.5. The molecule has 1 fully saturated rings. The fourth-order valence-corrected chi connectivity index (χ4v) is 5.36. The Labute approximate surface area is 215 Å². The van der Waals surface area contributed by atoms with Crippen LogP contribution in [-0.2, 0) is 14.8 Å². The van der Waals surface area contributed by atoms with Gasteiger partial charge in [-0.3, -0.25) is 9.59 Å². The highest BCUT2D eigenvalue weighted by Crippen LogP contribution is 2.36. The molecule has 0 radical (unpaired) electrons. The van der Waals surface area contributed by atoms with Crippen molar-refractivity contribution in [1.29, 1.82) is 0 Å². The summed E-state index contributed by atoms with van der Waals surface area (Å²) in [5.41, 5.74) is 0.622. The zero-order valence-corrected chi connectivity index (χ0v) is 21.8. The minimum absolute atomic E-state index is 0.0321. The molecule has 1 aliphatic heterocycles. The Morgan fingerprint density at radius 2 is 1.63 bits per heavy atom. The van der Waals surface area contributed by atoms with E-state index in [4.69, 9.17) is 32.7 Å². The lowest BCUT2D eigenvalue weighted by Crippen LogP contribution is -2.51. The molecule has 0 N–H and O–H groups in total. The van der Waals surface area contributed by atoms with Gasteiger partial charge in [-0.05, 0) is 48.4 Å². The van der Waals surface area contributed by atoms with E-state index in [9.17, 15) is 18.0 Å². The standard InChI is InChI=1S/C24H26Cl2N2O6S/c1-4-16(2)24(30)19-9-10-20(23(26)22(19)25)34-15-21(29)27-11-13-28(14-12-27)35(31,32)18-7-5-17(33-3)6-8-18/h5-10H,2,4,11-15H2,1,3H3. The molecule has 0 spiro atoms. The van der Waals surface area contributed by atoms with Crippen LogP contribution >= 0.6 is 23.2 Å². The Hall–Kier alpha value is -2.59. The van der Waals surface area contributed by atoms with E-state index in [0.717, 1.165) is 0 Å². The predicted molar refractivity (Wildman–Crippen MR) is 134 cm³/mol. The molecule has 188 valence electrons. The monoisotopic (exact) mass is 540 g/mol. The number of halogens is 2. The second kappa shape index (κ2) is 11.4. The molecule has 0 atom stereocenters. The van der Waals surface area contributed by atoms with Crippen LogP contribution < -0.4 is 9.47 Å². The van der Waals surface area contributed by atoms with Crippen LogP contribution in [0.2, 0.25) is 10.0 Å². The van der Waals surface area contributed by atoms with E-state index >= 15 is 0 Å². The van der Waals surface area contributed by atoms with Crippen LogP contribution in [0.3, 0.4) is 0 Å². The van der Waals surface area contributed by atoms with Crippen molar-refractivity contribution in [2.45, 2.75) is 18.2 Å². The summed E-state index contributed by atoms with van der Waals surface area (Å²) >= 11 is 12.5. The molecule has 35 heavy (non-hydrogen) atoms. The van der Waals surface area contributed by atoms with Crippen LogP contribution in [0.1, 0.15) is 23.7 Å². The number of rotatable bonds is 9. The summed E-state index contributed by atoms with van der Waals surface area (Å²) in [6.07, 6.45) is 0.480. The van der Waals surface area contributed by atoms with E-state index < -0.39 is 10.0 Å². The zero-order chi connectivity index (χ0) is 25.8. The quantitative estimate of drug-likeness (QED) is 0.351. The van der Waals surface area contributed by atoms with Crippen molar-refractivity contribution in [2.75, 3.05) is 39.9 Å². The van der Waals surface area contributed by atoms with Gasteiger partial charge >= 0.3 is 0 Å². The second-order valence-corrected chi connectivity index (χ2v) is 10.5. The SMILES string of the molecule is C=C(CC)C(=O)c1ccc(OCC(=O)N2CCN(S(=O)(=O)c3ccc(OC)cc3)CC2)c(Cl)c1Cl. The molecule has 11 heteroatoms. The first-order chi connectivity index (χ1) is 16.6. The molecule has 3 rings (SSSR count). The number of hydrogen-bond donors (Lipinski definition) is 0. The molecular weight excluding hydrogens is 515 g/mol. The smallest absolute Gasteiger partial charge is 0.260 e. The normalized spacial score (nSPS) is 14.5. The number of ketones is 1. The largest absolute Gasteiger partial charge is 0.497 e. The fourth-order valence-electron chi connectivity index (χ4n) is 3.47. The van der Waals surface area contributed by atoms with Crippen LogP contribution in [0, 0.1) is 0 Å². The Kier molecular flexibility index (Phi) is 8.82. The molecule has 1 amide bonds. The van der Waals surface area contributed by atoms with Gasteiger partial charge in [-0.15, -0.1) is 0 Å². The molecule has 1 heterocycles. The molecule has 0 saturated carbocycles. The highest BCUT2D eigenvalue weighted by molar-refractivity contribution is 7.89. The van der Waals surface area contributed by atoms with Crippen LogP contribution in [0.25, 0.3) is 0 Å². The van der Waals surface area contributed by atoms with Gasteiger partial charge in [0.15, 0.2) is 12.4 Å². The van der Waals surface area contributed by atoms with Gasteiger partial charge in [0.25, 0.3) is 5.91 Å². The third kappa shape index (κ3) is 5.98. The third-order valence-corrected chi connectivity index (χ3v) is 8.46. The minimum atomic E-state index is -3.68. The lowest BCUT2D eigenvalue weighted by atomic mass is 10.0. The number of allylic oxidation sites excluding steroid dienone is 1. The summed E-state index contributed by atoms with van der Waals surface area (Å²) in [5.74, 6) is 0.112. The molecule has 0 aromatic heterocycles. The molecular formula is C24H26Cl2N2O6S. The molecule has 0 bridgehead atoms. The maximum Gasteiger partial charge on any atom is 0.260 e. The fraction of sp³-hybridized carbons (Fsp3) is 0.333. The maximum atomic E-state index is 12.9. The van der Waals surface area contributed by atoms with E-state index in [1.165, 1.54) is 40.6 Å². The van der Waals surface area contributed by atoms with E-state index in [-0.39, 0.29) is 70.7 Å². The Bertz CT molecular complexity index is 1220.